The lowest BCUT2D eigenvalue weighted by molar-refractivity contribution is -0.132. The molecule has 216 valence electrons. The van der Waals surface area contributed by atoms with Crippen molar-refractivity contribution in [3.05, 3.63) is 71.7 Å². The summed E-state index contributed by atoms with van der Waals surface area (Å²) >= 11 is 0. The summed E-state index contributed by atoms with van der Waals surface area (Å²) in [5, 5.41) is 0. The summed E-state index contributed by atoms with van der Waals surface area (Å²) < 4.78 is 32.2. The van der Waals surface area contributed by atoms with Crippen LogP contribution in [0.25, 0.3) is 0 Å². The second-order valence-electron chi connectivity index (χ2n) is 9.01. The molecule has 0 N–H and O–H groups in total. The van der Waals surface area contributed by atoms with Gasteiger partial charge in [-0.15, -0.1) is 0 Å². The molecule has 3 rings (SSSR count). The van der Waals surface area contributed by atoms with Crippen LogP contribution in [0.15, 0.2) is 59.2 Å². The summed E-state index contributed by atoms with van der Waals surface area (Å²) in [6.45, 7) is 1.35. The SMILES string of the molecule is COCCCN(CC(=O)N(CCc1ccc(OC)c(OC)c1)Cc1ccco1)C(=O)c1cc(OC)cc(OC)c1. The maximum absolute atomic E-state index is 13.7. The van der Waals surface area contributed by atoms with Crippen molar-refractivity contribution in [1.82, 2.24) is 9.80 Å². The van der Waals surface area contributed by atoms with Crippen molar-refractivity contribution in [1.29, 1.82) is 0 Å². The summed E-state index contributed by atoms with van der Waals surface area (Å²) in [7, 11) is 7.81. The Bertz CT molecular complexity index is 1210. The van der Waals surface area contributed by atoms with E-state index in [1.807, 2.05) is 24.3 Å². The summed E-state index contributed by atoms with van der Waals surface area (Å²) in [6, 6.07) is 14.2. The molecule has 10 heteroatoms. The fourth-order valence-electron chi connectivity index (χ4n) is 4.21. The molecule has 1 heterocycles. The summed E-state index contributed by atoms with van der Waals surface area (Å²) in [4.78, 5) is 30.5. The van der Waals surface area contributed by atoms with Crippen LogP contribution < -0.4 is 18.9 Å². The molecule has 0 spiro atoms. The molecule has 0 bridgehead atoms. The minimum Gasteiger partial charge on any atom is -0.497 e. The molecule has 3 aromatic rings. The molecule has 0 aliphatic heterocycles. The first-order chi connectivity index (χ1) is 19.4. The van der Waals surface area contributed by atoms with Crippen LogP contribution in [0.5, 0.6) is 23.0 Å². The lowest BCUT2D eigenvalue weighted by Crippen LogP contribution is -2.44. The zero-order valence-corrected chi connectivity index (χ0v) is 23.8. The lowest BCUT2D eigenvalue weighted by Gasteiger charge is -2.28. The number of carbonyl (C=O) groups is 2. The van der Waals surface area contributed by atoms with Gasteiger partial charge in [0, 0.05) is 38.4 Å². The van der Waals surface area contributed by atoms with E-state index in [4.69, 9.17) is 28.1 Å². The monoisotopic (exact) mass is 554 g/mol. The average Bonchev–Trinajstić information content (AvgIpc) is 3.51. The highest BCUT2D eigenvalue weighted by molar-refractivity contribution is 5.97. The highest BCUT2D eigenvalue weighted by Crippen LogP contribution is 2.28. The van der Waals surface area contributed by atoms with Gasteiger partial charge >= 0.3 is 0 Å². The molecular formula is C30H38N2O8. The molecule has 0 aliphatic carbocycles. The van der Waals surface area contributed by atoms with E-state index in [9.17, 15) is 9.59 Å². The van der Waals surface area contributed by atoms with Crippen LogP contribution in [0.1, 0.15) is 28.1 Å². The van der Waals surface area contributed by atoms with E-state index < -0.39 is 0 Å². The van der Waals surface area contributed by atoms with Crippen LogP contribution in [-0.2, 0) is 22.5 Å². The van der Waals surface area contributed by atoms with E-state index in [1.165, 1.54) is 19.1 Å². The molecule has 0 radical (unpaired) electrons. The normalized spacial score (nSPS) is 10.6. The molecule has 0 unspecified atom stereocenters. The standard InChI is InChI=1S/C30H38N2O8/c1-35-14-7-12-32(30(34)23-17-25(36-2)19-26(18-23)37-3)21-29(33)31(20-24-8-6-15-40-24)13-11-22-9-10-27(38-4)28(16-22)39-5/h6,8-10,15-19H,7,11-14,20-21H2,1-5H3. The highest BCUT2D eigenvalue weighted by atomic mass is 16.5. The van der Waals surface area contributed by atoms with E-state index in [0.717, 1.165) is 5.56 Å². The first kappa shape index (κ1) is 30.4. The van der Waals surface area contributed by atoms with Crippen molar-refractivity contribution >= 4 is 11.8 Å². The Morgan fingerprint density at radius 3 is 2.12 bits per heavy atom. The molecule has 0 aliphatic rings. The van der Waals surface area contributed by atoms with E-state index in [0.29, 0.717) is 66.9 Å². The molecule has 0 saturated carbocycles. The molecule has 2 amide bonds. The Balaban J connectivity index is 1.82. The van der Waals surface area contributed by atoms with Gasteiger partial charge in [-0.25, -0.2) is 0 Å². The third-order valence-electron chi connectivity index (χ3n) is 6.39. The van der Waals surface area contributed by atoms with E-state index in [-0.39, 0.29) is 24.9 Å². The first-order valence-electron chi connectivity index (χ1n) is 12.9. The van der Waals surface area contributed by atoms with Gasteiger partial charge in [-0.2, -0.15) is 0 Å². The second kappa shape index (κ2) is 15.4. The molecule has 0 atom stereocenters. The smallest absolute Gasteiger partial charge is 0.254 e. The van der Waals surface area contributed by atoms with Gasteiger partial charge in [0.25, 0.3) is 5.91 Å². The van der Waals surface area contributed by atoms with Crippen molar-refractivity contribution in [2.75, 3.05) is 61.8 Å². The van der Waals surface area contributed by atoms with Crippen molar-refractivity contribution in [3.63, 3.8) is 0 Å². The predicted octanol–water partition coefficient (Wildman–Crippen LogP) is 4.06. The highest BCUT2D eigenvalue weighted by Gasteiger charge is 2.24. The van der Waals surface area contributed by atoms with Crippen molar-refractivity contribution in [2.24, 2.45) is 0 Å². The number of amides is 2. The minimum absolute atomic E-state index is 0.116. The Morgan fingerprint density at radius 2 is 1.52 bits per heavy atom. The molecule has 40 heavy (non-hydrogen) atoms. The first-order valence-corrected chi connectivity index (χ1v) is 12.9. The van der Waals surface area contributed by atoms with Crippen LogP contribution in [0, 0.1) is 0 Å². The van der Waals surface area contributed by atoms with Crippen molar-refractivity contribution in [2.45, 2.75) is 19.4 Å². The van der Waals surface area contributed by atoms with Crippen molar-refractivity contribution in [3.8, 4) is 23.0 Å². The third kappa shape index (κ3) is 8.41. The number of ether oxygens (including phenoxy) is 5. The summed E-state index contributed by atoms with van der Waals surface area (Å²) in [5.74, 6) is 2.36. The fraction of sp³-hybridized carbons (Fsp3) is 0.400. The Hall–Kier alpha value is -4.18. The molecule has 2 aromatic carbocycles. The van der Waals surface area contributed by atoms with Crippen LogP contribution >= 0.6 is 0 Å². The number of hydrogen-bond donors (Lipinski definition) is 0. The third-order valence-corrected chi connectivity index (χ3v) is 6.39. The average molecular weight is 555 g/mol. The van der Waals surface area contributed by atoms with Gasteiger partial charge in [0.15, 0.2) is 11.5 Å². The topological polar surface area (TPSA) is 99.9 Å². The maximum atomic E-state index is 13.7. The Morgan fingerprint density at radius 1 is 0.800 bits per heavy atom. The zero-order chi connectivity index (χ0) is 28.9. The Labute approximate surface area is 235 Å². The lowest BCUT2D eigenvalue weighted by atomic mass is 10.1. The number of hydrogen-bond acceptors (Lipinski definition) is 8. The number of rotatable bonds is 16. The van der Waals surface area contributed by atoms with Gasteiger partial charge < -0.3 is 37.9 Å². The van der Waals surface area contributed by atoms with Crippen molar-refractivity contribution < 1.29 is 37.7 Å². The Kier molecular flexibility index (Phi) is 11.7. The number of nitrogens with zero attached hydrogens (tertiary/aromatic N) is 2. The number of furan rings is 1. The minimum atomic E-state index is -0.306. The maximum Gasteiger partial charge on any atom is 0.254 e. The number of carbonyl (C=O) groups excluding carboxylic acids is 2. The molecule has 10 nitrogen and oxygen atoms in total. The summed E-state index contributed by atoms with van der Waals surface area (Å²) in [6.07, 6.45) is 2.71. The summed E-state index contributed by atoms with van der Waals surface area (Å²) in [5.41, 5.74) is 1.34. The van der Waals surface area contributed by atoms with Gasteiger partial charge in [-0.1, -0.05) is 6.07 Å². The van der Waals surface area contributed by atoms with Crippen LogP contribution in [0.3, 0.4) is 0 Å². The van der Waals surface area contributed by atoms with E-state index >= 15 is 0 Å². The van der Waals surface area contributed by atoms with Gasteiger partial charge in [0.2, 0.25) is 5.91 Å². The van der Waals surface area contributed by atoms with Crippen LogP contribution in [0.4, 0.5) is 0 Å². The largest absolute Gasteiger partial charge is 0.497 e. The predicted molar refractivity (Wildman–Crippen MR) is 149 cm³/mol. The zero-order valence-electron chi connectivity index (χ0n) is 23.8. The van der Waals surface area contributed by atoms with E-state index in [1.54, 1.807) is 56.8 Å². The quantitative estimate of drug-likeness (QED) is 0.245. The van der Waals surface area contributed by atoms with Gasteiger partial charge in [0.1, 0.15) is 23.8 Å². The van der Waals surface area contributed by atoms with Gasteiger partial charge in [-0.05, 0) is 54.8 Å². The molecular weight excluding hydrogens is 516 g/mol. The molecule has 0 fully saturated rings. The second-order valence-corrected chi connectivity index (χ2v) is 9.01. The van der Waals surface area contributed by atoms with Gasteiger partial charge in [-0.3, -0.25) is 9.59 Å². The molecule has 1 aromatic heterocycles. The number of methoxy groups -OCH3 is 5. The van der Waals surface area contributed by atoms with E-state index in [2.05, 4.69) is 0 Å². The molecule has 0 saturated heterocycles. The van der Waals surface area contributed by atoms with Gasteiger partial charge in [0.05, 0.1) is 41.2 Å². The number of benzene rings is 2. The van der Waals surface area contributed by atoms with Crippen LogP contribution in [0.2, 0.25) is 0 Å². The fourth-order valence-corrected chi connectivity index (χ4v) is 4.21. The van der Waals surface area contributed by atoms with Crippen LogP contribution in [-0.4, -0.2) is 83.4 Å².